The zero-order chi connectivity index (χ0) is 17.0. The average Bonchev–Trinajstić information content (AvgIpc) is 2.65. The molecule has 0 aromatic carbocycles. The lowest BCUT2D eigenvalue weighted by atomic mass is 10.2. The van der Waals surface area contributed by atoms with E-state index in [4.69, 9.17) is 0 Å². The van der Waals surface area contributed by atoms with Crippen molar-refractivity contribution < 1.29 is 9.59 Å². The predicted molar refractivity (Wildman–Crippen MR) is 87.2 cm³/mol. The van der Waals surface area contributed by atoms with Crippen LogP contribution in [0.15, 0.2) is 6.07 Å². The Morgan fingerprint density at radius 1 is 1.22 bits per heavy atom. The number of carbonyl (C=O) groups excluding carboxylic acids is 2. The lowest BCUT2D eigenvalue weighted by molar-refractivity contribution is -0.130. The normalized spacial score (nSPS) is 16.0. The maximum atomic E-state index is 12.6. The second-order valence-electron chi connectivity index (χ2n) is 6.17. The number of nitrogens with zero attached hydrogens (tertiary/aromatic N) is 5. The molecular weight excluding hydrogens is 294 g/mol. The van der Waals surface area contributed by atoms with Crippen molar-refractivity contribution in [2.24, 2.45) is 0 Å². The summed E-state index contributed by atoms with van der Waals surface area (Å²) in [6, 6.07) is 1.70. The summed E-state index contributed by atoms with van der Waals surface area (Å²) in [6.07, 6.45) is 0.363. The van der Waals surface area contributed by atoms with Crippen LogP contribution in [0, 0.1) is 13.8 Å². The van der Waals surface area contributed by atoms with Gasteiger partial charge in [0.2, 0.25) is 5.91 Å². The van der Waals surface area contributed by atoms with Gasteiger partial charge in [0.05, 0.1) is 0 Å². The van der Waals surface area contributed by atoms with E-state index in [0.29, 0.717) is 44.1 Å². The van der Waals surface area contributed by atoms with Gasteiger partial charge in [-0.1, -0.05) is 0 Å². The minimum atomic E-state index is -0.124. The van der Waals surface area contributed by atoms with E-state index in [9.17, 15) is 9.59 Å². The lowest BCUT2D eigenvalue weighted by Gasteiger charge is -2.23. The number of rotatable bonds is 4. The molecule has 1 aliphatic heterocycles. The van der Waals surface area contributed by atoms with Crippen molar-refractivity contribution in [3.8, 4) is 0 Å². The standard InChI is InChI=1S/C16H25N5O2/c1-12-11-14(18-13(2)17-12)16(23)21-6-5-15(22)20(9-10-21)8-7-19(3)4/h11H,5-10H2,1-4H3. The maximum absolute atomic E-state index is 12.6. The molecule has 2 amide bonds. The second-order valence-corrected chi connectivity index (χ2v) is 6.17. The van der Waals surface area contributed by atoms with Gasteiger partial charge >= 0.3 is 0 Å². The van der Waals surface area contributed by atoms with Gasteiger partial charge in [-0.05, 0) is 34.0 Å². The smallest absolute Gasteiger partial charge is 0.272 e. The number of carbonyl (C=O) groups is 2. The number of amides is 2. The zero-order valence-corrected chi connectivity index (χ0v) is 14.4. The van der Waals surface area contributed by atoms with E-state index in [1.165, 1.54) is 0 Å². The molecule has 0 atom stereocenters. The quantitative estimate of drug-likeness (QED) is 0.800. The summed E-state index contributed by atoms with van der Waals surface area (Å²) in [4.78, 5) is 38.8. The molecule has 1 aromatic rings. The van der Waals surface area contributed by atoms with E-state index < -0.39 is 0 Å². The van der Waals surface area contributed by atoms with Crippen LogP contribution in [0.25, 0.3) is 0 Å². The van der Waals surface area contributed by atoms with Crippen molar-refractivity contribution in [1.29, 1.82) is 0 Å². The summed E-state index contributed by atoms with van der Waals surface area (Å²) in [5, 5.41) is 0. The van der Waals surface area contributed by atoms with Crippen molar-refractivity contribution >= 4 is 11.8 Å². The van der Waals surface area contributed by atoms with Crippen molar-refractivity contribution in [2.45, 2.75) is 20.3 Å². The monoisotopic (exact) mass is 319 g/mol. The molecule has 0 aliphatic carbocycles. The van der Waals surface area contributed by atoms with Crippen LogP contribution in [-0.2, 0) is 4.79 Å². The predicted octanol–water partition coefficient (Wildman–Crippen LogP) is 0.330. The Bertz CT molecular complexity index is 568. The van der Waals surface area contributed by atoms with Gasteiger partial charge in [0.1, 0.15) is 11.5 Å². The Balaban J connectivity index is 2.04. The van der Waals surface area contributed by atoms with Gasteiger partial charge in [-0.25, -0.2) is 9.97 Å². The molecule has 1 aromatic heterocycles. The van der Waals surface area contributed by atoms with Gasteiger partial charge in [-0.15, -0.1) is 0 Å². The minimum Gasteiger partial charge on any atom is -0.340 e. The Kier molecular flexibility index (Phi) is 5.65. The summed E-state index contributed by atoms with van der Waals surface area (Å²) in [5.41, 5.74) is 1.18. The largest absolute Gasteiger partial charge is 0.340 e. The van der Waals surface area contributed by atoms with Crippen LogP contribution in [-0.4, -0.2) is 83.3 Å². The third-order valence-electron chi connectivity index (χ3n) is 3.88. The van der Waals surface area contributed by atoms with E-state index in [-0.39, 0.29) is 11.8 Å². The van der Waals surface area contributed by atoms with E-state index in [0.717, 1.165) is 12.2 Å². The van der Waals surface area contributed by atoms with Crippen molar-refractivity contribution in [3.63, 3.8) is 0 Å². The Hall–Kier alpha value is -2.02. The number of aromatic nitrogens is 2. The molecule has 0 spiro atoms. The van der Waals surface area contributed by atoms with Crippen LogP contribution in [0.3, 0.4) is 0 Å². The van der Waals surface area contributed by atoms with Crippen LogP contribution >= 0.6 is 0 Å². The first kappa shape index (κ1) is 17.3. The summed E-state index contributed by atoms with van der Waals surface area (Å²) in [7, 11) is 3.97. The molecule has 126 valence electrons. The van der Waals surface area contributed by atoms with E-state index in [2.05, 4.69) is 9.97 Å². The summed E-state index contributed by atoms with van der Waals surface area (Å²) in [5.74, 6) is 0.574. The molecule has 7 heteroatoms. The Morgan fingerprint density at radius 3 is 2.61 bits per heavy atom. The molecule has 1 aliphatic rings. The van der Waals surface area contributed by atoms with Gasteiger partial charge in [-0.3, -0.25) is 9.59 Å². The van der Waals surface area contributed by atoms with Crippen molar-refractivity contribution in [2.75, 3.05) is 46.8 Å². The molecule has 1 saturated heterocycles. The van der Waals surface area contributed by atoms with Gasteiger partial charge in [0, 0.05) is 44.8 Å². The third-order valence-corrected chi connectivity index (χ3v) is 3.88. The summed E-state index contributed by atoms with van der Waals surface area (Å²) >= 11 is 0. The van der Waals surface area contributed by atoms with Gasteiger partial charge < -0.3 is 14.7 Å². The second kappa shape index (κ2) is 7.50. The van der Waals surface area contributed by atoms with Gasteiger partial charge in [0.25, 0.3) is 5.91 Å². The van der Waals surface area contributed by atoms with Crippen LogP contribution < -0.4 is 0 Å². The fourth-order valence-corrected chi connectivity index (χ4v) is 2.62. The van der Waals surface area contributed by atoms with Crippen LogP contribution in [0.2, 0.25) is 0 Å². The summed E-state index contributed by atoms with van der Waals surface area (Å²) < 4.78 is 0. The molecule has 0 radical (unpaired) electrons. The highest BCUT2D eigenvalue weighted by atomic mass is 16.2. The average molecular weight is 319 g/mol. The number of likely N-dealkylation sites (N-methyl/N-ethyl adjacent to an activating group) is 1. The first-order chi connectivity index (χ1) is 10.9. The first-order valence-electron chi connectivity index (χ1n) is 7.91. The lowest BCUT2D eigenvalue weighted by Crippen LogP contribution is -2.39. The SMILES string of the molecule is Cc1cc(C(=O)N2CCC(=O)N(CCN(C)C)CC2)nc(C)n1. The van der Waals surface area contributed by atoms with Crippen LogP contribution in [0.5, 0.6) is 0 Å². The topological polar surface area (TPSA) is 69.6 Å². The van der Waals surface area contributed by atoms with E-state index in [1.807, 2.05) is 30.8 Å². The van der Waals surface area contributed by atoms with E-state index in [1.54, 1.807) is 17.9 Å². The third kappa shape index (κ3) is 4.72. The van der Waals surface area contributed by atoms with E-state index >= 15 is 0 Å². The number of hydrogen-bond acceptors (Lipinski definition) is 5. The molecule has 0 bridgehead atoms. The molecule has 0 saturated carbocycles. The Morgan fingerprint density at radius 2 is 1.96 bits per heavy atom. The molecule has 23 heavy (non-hydrogen) atoms. The fourth-order valence-electron chi connectivity index (χ4n) is 2.62. The fraction of sp³-hybridized carbons (Fsp3) is 0.625. The number of hydrogen-bond donors (Lipinski definition) is 0. The van der Waals surface area contributed by atoms with Crippen molar-refractivity contribution in [3.05, 3.63) is 23.3 Å². The molecule has 0 N–H and O–H groups in total. The summed E-state index contributed by atoms with van der Waals surface area (Å²) in [6.45, 7) is 6.70. The first-order valence-corrected chi connectivity index (χ1v) is 7.91. The minimum absolute atomic E-state index is 0.109. The highest BCUT2D eigenvalue weighted by molar-refractivity contribution is 5.93. The van der Waals surface area contributed by atoms with Crippen molar-refractivity contribution in [1.82, 2.24) is 24.7 Å². The van der Waals surface area contributed by atoms with Crippen LogP contribution in [0.4, 0.5) is 0 Å². The molecular formula is C16H25N5O2. The van der Waals surface area contributed by atoms with Gasteiger partial charge in [0.15, 0.2) is 0 Å². The molecule has 2 rings (SSSR count). The molecule has 1 fully saturated rings. The zero-order valence-electron chi connectivity index (χ0n) is 14.4. The molecule has 2 heterocycles. The molecule has 0 unspecified atom stereocenters. The van der Waals surface area contributed by atoms with Crippen LogP contribution in [0.1, 0.15) is 28.4 Å². The maximum Gasteiger partial charge on any atom is 0.272 e. The number of aryl methyl sites for hydroxylation is 2. The highest BCUT2D eigenvalue weighted by Gasteiger charge is 2.25. The van der Waals surface area contributed by atoms with Gasteiger partial charge in [-0.2, -0.15) is 0 Å². The molecule has 7 nitrogen and oxygen atoms in total. The highest BCUT2D eigenvalue weighted by Crippen LogP contribution is 2.10. The Labute approximate surface area is 137 Å².